The van der Waals surface area contributed by atoms with Crippen molar-refractivity contribution in [1.82, 2.24) is 0 Å². The van der Waals surface area contributed by atoms with Gasteiger partial charge in [-0.05, 0) is 30.2 Å². The van der Waals surface area contributed by atoms with Crippen LogP contribution in [-0.2, 0) is 4.74 Å². The van der Waals surface area contributed by atoms with Gasteiger partial charge in [-0.2, -0.15) is 0 Å². The number of ether oxygens (including phenoxy) is 1. The predicted molar refractivity (Wildman–Crippen MR) is 72.2 cm³/mol. The minimum absolute atomic E-state index is 0.167. The standard InChI is InChI=1S/C16H14FNO/c1-10-13(15-9-19-15)6-3-7-14(10)16(18)11-4-2-5-12(17)8-11/h2-8,15,18H,9H2,1H3. The maximum atomic E-state index is 13.2. The van der Waals surface area contributed by atoms with Gasteiger partial charge in [0.2, 0.25) is 0 Å². The fraction of sp³-hybridized carbons (Fsp3) is 0.188. The van der Waals surface area contributed by atoms with E-state index in [0.717, 1.165) is 23.3 Å². The molecule has 2 aromatic rings. The summed E-state index contributed by atoms with van der Waals surface area (Å²) in [7, 11) is 0. The zero-order valence-corrected chi connectivity index (χ0v) is 10.6. The number of hydrogen-bond acceptors (Lipinski definition) is 2. The second-order valence-electron chi connectivity index (χ2n) is 4.73. The smallest absolute Gasteiger partial charge is 0.123 e. The van der Waals surface area contributed by atoms with Gasteiger partial charge in [0.25, 0.3) is 0 Å². The van der Waals surface area contributed by atoms with E-state index in [2.05, 4.69) is 0 Å². The molecule has 0 saturated carbocycles. The summed E-state index contributed by atoms with van der Waals surface area (Å²) in [5, 5.41) is 8.26. The number of nitrogens with one attached hydrogen (secondary N) is 1. The molecule has 1 heterocycles. The van der Waals surface area contributed by atoms with Crippen LogP contribution in [0.4, 0.5) is 4.39 Å². The van der Waals surface area contributed by atoms with Crippen LogP contribution in [0.2, 0.25) is 0 Å². The van der Waals surface area contributed by atoms with E-state index in [-0.39, 0.29) is 11.9 Å². The van der Waals surface area contributed by atoms with E-state index in [4.69, 9.17) is 10.1 Å². The lowest BCUT2D eigenvalue weighted by atomic mass is 9.94. The molecule has 1 aliphatic heterocycles. The van der Waals surface area contributed by atoms with Crippen LogP contribution in [0.5, 0.6) is 0 Å². The molecular weight excluding hydrogens is 241 g/mol. The molecule has 1 N–H and O–H groups in total. The first-order valence-electron chi connectivity index (χ1n) is 6.23. The van der Waals surface area contributed by atoms with Crippen molar-refractivity contribution in [1.29, 1.82) is 5.41 Å². The Morgan fingerprint density at radius 3 is 2.68 bits per heavy atom. The van der Waals surface area contributed by atoms with Gasteiger partial charge in [0.1, 0.15) is 11.9 Å². The normalized spacial score (nSPS) is 17.3. The summed E-state index contributed by atoms with van der Waals surface area (Å²) in [6, 6.07) is 12.0. The molecule has 96 valence electrons. The van der Waals surface area contributed by atoms with Crippen LogP contribution in [0.15, 0.2) is 42.5 Å². The van der Waals surface area contributed by atoms with Gasteiger partial charge in [-0.1, -0.05) is 30.3 Å². The molecule has 1 atom stereocenters. The summed E-state index contributed by atoms with van der Waals surface area (Å²) in [6.45, 7) is 2.73. The molecule has 0 spiro atoms. The summed E-state index contributed by atoms with van der Waals surface area (Å²) >= 11 is 0. The second kappa shape index (κ2) is 4.59. The first-order valence-corrected chi connectivity index (χ1v) is 6.23. The van der Waals surface area contributed by atoms with Gasteiger partial charge in [-0.3, -0.25) is 5.41 Å². The van der Waals surface area contributed by atoms with Crippen molar-refractivity contribution >= 4 is 5.71 Å². The summed E-state index contributed by atoms with van der Waals surface area (Å²) in [5.41, 5.74) is 3.94. The van der Waals surface area contributed by atoms with Crippen molar-refractivity contribution in [2.24, 2.45) is 0 Å². The Bertz CT molecular complexity index is 647. The van der Waals surface area contributed by atoms with Gasteiger partial charge in [0.15, 0.2) is 0 Å². The fourth-order valence-electron chi connectivity index (χ4n) is 2.30. The molecule has 3 rings (SSSR count). The molecule has 1 aliphatic rings. The van der Waals surface area contributed by atoms with Crippen LogP contribution in [0.3, 0.4) is 0 Å². The molecule has 1 unspecified atom stereocenters. The van der Waals surface area contributed by atoms with Gasteiger partial charge in [-0.25, -0.2) is 4.39 Å². The molecule has 1 fully saturated rings. The second-order valence-corrected chi connectivity index (χ2v) is 4.73. The van der Waals surface area contributed by atoms with Crippen LogP contribution >= 0.6 is 0 Å². The van der Waals surface area contributed by atoms with Crippen molar-refractivity contribution in [3.8, 4) is 0 Å². The molecule has 19 heavy (non-hydrogen) atoms. The average Bonchev–Trinajstić information content (AvgIpc) is 3.22. The van der Waals surface area contributed by atoms with Crippen LogP contribution < -0.4 is 0 Å². The van der Waals surface area contributed by atoms with Gasteiger partial charge in [0.05, 0.1) is 12.3 Å². The predicted octanol–water partition coefficient (Wildman–Crippen LogP) is 3.62. The van der Waals surface area contributed by atoms with E-state index in [9.17, 15) is 4.39 Å². The Balaban J connectivity index is 2.02. The van der Waals surface area contributed by atoms with E-state index >= 15 is 0 Å². The third-order valence-electron chi connectivity index (χ3n) is 3.44. The molecule has 0 bridgehead atoms. The minimum Gasteiger partial charge on any atom is -0.368 e. The van der Waals surface area contributed by atoms with Gasteiger partial charge >= 0.3 is 0 Å². The Kier molecular flexibility index (Phi) is 2.91. The van der Waals surface area contributed by atoms with Crippen LogP contribution in [0.1, 0.15) is 28.4 Å². The van der Waals surface area contributed by atoms with Crippen molar-refractivity contribution in [2.45, 2.75) is 13.0 Å². The number of halogens is 1. The Hall–Kier alpha value is -2.00. The molecule has 0 amide bonds. The SMILES string of the molecule is Cc1c(C(=N)c2cccc(F)c2)cccc1C1CO1. The highest BCUT2D eigenvalue weighted by molar-refractivity contribution is 6.11. The van der Waals surface area contributed by atoms with Crippen LogP contribution in [-0.4, -0.2) is 12.3 Å². The molecule has 2 nitrogen and oxygen atoms in total. The zero-order chi connectivity index (χ0) is 13.4. The number of rotatable bonds is 3. The molecule has 0 radical (unpaired) electrons. The molecule has 2 aromatic carbocycles. The number of hydrogen-bond donors (Lipinski definition) is 1. The van der Waals surface area contributed by atoms with E-state index in [1.54, 1.807) is 12.1 Å². The highest BCUT2D eigenvalue weighted by Gasteiger charge is 2.27. The van der Waals surface area contributed by atoms with E-state index < -0.39 is 0 Å². The number of epoxide rings is 1. The van der Waals surface area contributed by atoms with Crippen LogP contribution in [0, 0.1) is 18.2 Å². The van der Waals surface area contributed by atoms with Crippen LogP contribution in [0.25, 0.3) is 0 Å². The quantitative estimate of drug-likeness (QED) is 0.660. The monoisotopic (exact) mass is 255 g/mol. The minimum atomic E-state index is -0.318. The molecule has 0 aromatic heterocycles. The van der Waals surface area contributed by atoms with E-state index in [1.165, 1.54) is 12.1 Å². The summed E-state index contributed by atoms with van der Waals surface area (Å²) in [5.74, 6) is -0.318. The lowest BCUT2D eigenvalue weighted by Gasteiger charge is -2.11. The van der Waals surface area contributed by atoms with Crippen molar-refractivity contribution in [3.63, 3.8) is 0 Å². The number of benzene rings is 2. The highest BCUT2D eigenvalue weighted by Crippen LogP contribution is 2.33. The van der Waals surface area contributed by atoms with E-state index in [0.29, 0.717) is 11.3 Å². The van der Waals surface area contributed by atoms with Crippen molar-refractivity contribution in [2.75, 3.05) is 6.61 Å². The summed E-state index contributed by atoms with van der Waals surface area (Å²) in [6.07, 6.45) is 0.167. The Morgan fingerprint density at radius 2 is 2.00 bits per heavy atom. The third-order valence-corrected chi connectivity index (χ3v) is 3.44. The Labute approximate surface area is 111 Å². The highest BCUT2D eigenvalue weighted by atomic mass is 19.1. The maximum absolute atomic E-state index is 13.2. The maximum Gasteiger partial charge on any atom is 0.123 e. The Morgan fingerprint density at radius 1 is 1.26 bits per heavy atom. The first kappa shape index (κ1) is 12.1. The summed E-state index contributed by atoms with van der Waals surface area (Å²) in [4.78, 5) is 0. The summed E-state index contributed by atoms with van der Waals surface area (Å²) < 4.78 is 18.5. The first-order chi connectivity index (χ1) is 9.16. The molecular formula is C16H14FNO. The topological polar surface area (TPSA) is 36.4 Å². The van der Waals surface area contributed by atoms with Crippen molar-refractivity contribution in [3.05, 3.63) is 70.5 Å². The van der Waals surface area contributed by atoms with Gasteiger partial charge in [-0.15, -0.1) is 0 Å². The largest absolute Gasteiger partial charge is 0.368 e. The fourth-order valence-corrected chi connectivity index (χ4v) is 2.30. The van der Waals surface area contributed by atoms with Gasteiger partial charge < -0.3 is 4.74 Å². The van der Waals surface area contributed by atoms with Crippen molar-refractivity contribution < 1.29 is 9.13 Å². The molecule has 3 heteroatoms. The average molecular weight is 255 g/mol. The van der Waals surface area contributed by atoms with Gasteiger partial charge in [0, 0.05) is 11.1 Å². The third kappa shape index (κ3) is 2.29. The molecule has 1 saturated heterocycles. The lowest BCUT2D eigenvalue weighted by Crippen LogP contribution is -2.06. The zero-order valence-electron chi connectivity index (χ0n) is 10.6. The lowest BCUT2D eigenvalue weighted by molar-refractivity contribution is 0.415. The van der Waals surface area contributed by atoms with E-state index in [1.807, 2.05) is 25.1 Å². The molecule has 0 aliphatic carbocycles.